The van der Waals surface area contributed by atoms with E-state index in [-0.39, 0.29) is 10.8 Å². The van der Waals surface area contributed by atoms with Gasteiger partial charge >= 0.3 is 0 Å². The van der Waals surface area contributed by atoms with Gasteiger partial charge in [0.05, 0.1) is 30.9 Å². The molecule has 6 aromatic rings. The van der Waals surface area contributed by atoms with Gasteiger partial charge < -0.3 is 60.0 Å². The number of halogens is 4. The Kier molecular flexibility index (Phi) is 10.8. The van der Waals surface area contributed by atoms with Gasteiger partial charge in [0, 0.05) is 12.4 Å². The van der Waals surface area contributed by atoms with Crippen molar-refractivity contribution in [2.75, 3.05) is 11.5 Å². The molecule has 0 aliphatic carbocycles. The highest BCUT2D eigenvalue weighted by Gasteiger charge is 2.66. The smallest absolute Gasteiger partial charge is 0.165 e. The summed E-state index contributed by atoms with van der Waals surface area (Å²) in [6.45, 7) is 6.96. The van der Waals surface area contributed by atoms with Gasteiger partial charge in [-0.2, -0.15) is 0 Å². The van der Waals surface area contributed by atoms with Gasteiger partial charge in [0.1, 0.15) is 83.4 Å². The SMILES string of the molecule is CC1(C)O[C@H]2[C@H](n3ccc4c(N)ncnc43)O[C@H]([C@H](O)c3ccc(Cl)c(Cl)c3)[C@@]2(C)O1.C[C@@]1(O)[C@@H]([C@H](O)c2ccc(Cl)c(Cl)c2)O[C@@H](n2ccc3c(N)ncnc32)[C@@H]1O. The number of hydrogen-bond acceptors (Lipinski definition) is 14. The Bertz CT molecular complexity index is 2560. The number of aliphatic hydroxyl groups is 4. The van der Waals surface area contributed by atoms with Crippen molar-refractivity contribution < 1.29 is 39.4 Å². The highest BCUT2D eigenvalue weighted by Crippen LogP contribution is 2.54. The third-order valence-electron chi connectivity index (χ3n) is 11.1. The van der Waals surface area contributed by atoms with E-state index in [1.165, 1.54) is 25.6 Å². The number of hydrogen-bond donors (Lipinski definition) is 6. The lowest BCUT2D eigenvalue weighted by atomic mass is 9.88. The molecule has 20 heteroatoms. The predicted molar refractivity (Wildman–Crippen MR) is 220 cm³/mol. The number of fused-ring (bicyclic) bond motifs is 3. The average molecular weight is 891 g/mol. The summed E-state index contributed by atoms with van der Waals surface area (Å²) < 4.78 is 28.2. The van der Waals surface area contributed by atoms with E-state index in [1.54, 1.807) is 47.2 Å². The van der Waals surface area contributed by atoms with Crippen LogP contribution in [0.4, 0.5) is 11.6 Å². The minimum Gasteiger partial charge on any atom is -0.386 e. The van der Waals surface area contributed by atoms with Crippen LogP contribution in [-0.2, 0) is 18.9 Å². The second kappa shape index (κ2) is 15.2. The molecule has 9 rings (SSSR count). The van der Waals surface area contributed by atoms with E-state index in [4.69, 9.17) is 76.8 Å². The van der Waals surface area contributed by atoms with Crippen LogP contribution in [0, 0.1) is 0 Å². The lowest BCUT2D eigenvalue weighted by Gasteiger charge is -2.32. The summed E-state index contributed by atoms with van der Waals surface area (Å²) >= 11 is 24.2. The van der Waals surface area contributed by atoms with E-state index in [0.29, 0.717) is 54.1 Å². The van der Waals surface area contributed by atoms with Gasteiger partial charge in [0.25, 0.3) is 0 Å². The van der Waals surface area contributed by atoms with Gasteiger partial charge in [-0.1, -0.05) is 58.5 Å². The zero-order valence-corrected chi connectivity index (χ0v) is 34.8. The van der Waals surface area contributed by atoms with E-state index in [9.17, 15) is 20.4 Å². The van der Waals surface area contributed by atoms with Crippen molar-refractivity contribution in [1.29, 1.82) is 0 Å². The second-order valence-corrected chi connectivity index (χ2v) is 17.1. The third kappa shape index (κ3) is 7.18. The van der Waals surface area contributed by atoms with Gasteiger partial charge in [0.15, 0.2) is 18.2 Å². The Labute approximate surface area is 357 Å². The Morgan fingerprint density at radius 1 is 0.678 bits per heavy atom. The standard InChI is InChI=1S/C21H22Cl2N4O4.C18H18Cl2N4O4/c1-20(2)30-16-19(27-7-6-11-17(24)25-9-26-18(11)27)29-15(21(16,3)31-20)14(28)10-4-5-12(22)13(23)8-10;1-18(27)13(26)17(24-5-4-9-15(21)22-7-23-16(9)24)28-14(18)12(25)8-2-3-10(19)11(20)6-8/h4-9,14-16,19,28H,1-3H3,(H2,24,25,26);2-7,12-14,17,25-27H,1H3,(H2,21,22,23)/t14-,15-,16+,19-,21-;12-,13+,14-,17-,18+/m11/s1. The highest BCUT2D eigenvalue weighted by molar-refractivity contribution is 6.42. The summed E-state index contributed by atoms with van der Waals surface area (Å²) in [5, 5.41) is 46.4. The van der Waals surface area contributed by atoms with Crippen LogP contribution in [0.25, 0.3) is 22.1 Å². The van der Waals surface area contributed by atoms with Crippen molar-refractivity contribution in [2.24, 2.45) is 0 Å². The molecule has 3 fully saturated rings. The number of aliphatic hydroxyl groups excluding tert-OH is 3. The normalized spacial score (nSPS) is 29.7. The quantitative estimate of drug-likeness (QED) is 0.114. The number of benzene rings is 2. The lowest BCUT2D eigenvalue weighted by Crippen LogP contribution is -2.47. The average Bonchev–Trinajstić information content (AvgIpc) is 3.97. The molecule has 0 unspecified atom stereocenters. The first-order valence-corrected chi connectivity index (χ1v) is 19.8. The van der Waals surface area contributed by atoms with E-state index in [2.05, 4.69) is 19.9 Å². The molecule has 0 bridgehead atoms. The van der Waals surface area contributed by atoms with Crippen LogP contribution in [0.3, 0.4) is 0 Å². The molecule has 7 heterocycles. The van der Waals surface area contributed by atoms with Crippen LogP contribution in [-0.4, -0.2) is 90.9 Å². The van der Waals surface area contributed by atoms with Crippen LogP contribution < -0.4 is 11.5 Å². The van der Waals surface area contributed by atoms with E-state index in [1.807, 2.05) is 37.6 Å². The molecular formula is C39H40Cl4N8O8. The molecule has 0 spiro atoms. The summed E-state index contributed by atoms with van der Waals surface area (Å²) in [6, 6.07) is 13.1. The van der Waals surface area contributed by atoms with Crippen LogP contribution in [0.2, 0.25) is 20.1 Å². The maximum Gasteiger partial charge on any atom is 0.165 e. The van der Waals surface area contributed by atoms with Crippen molar-refractivity contribution in [3.05, 3.63) is 105 Å². The van der Waals surface area contributed by atoms with Crippen LogP contribution in [0.5, 0.6) is 0 Å². The molecular weight excluding hydrogens is 850 g/mol. The van der Waals surface area contributed by atoms with Crippen LogP contribution in [0.15, 0.2) is 73.6 Å². The predicted octanol–water partition coefficient (Wildman–Crippen LogP) is 5.92. The number of nitrogens with zero attached hydrogens (tertiary/aromatic N) is 6. The fourth-order valence-electron chi connectivity index (χ4n) is 8.12. The maximum absolute atomic E-state index is 11.3. The zero-order chi connectivity index (χ0) is 42.3. The zero-order valence-electron chi connectivity index (χ0n) is 31.8. The number of nitrogens with two attached hydrogens (primary N) is 2. The summed E-state index contributed by atoms with van der Waals surface area (Å²) in [7, 11) is 0. The number of rotatable bonds is 6. The Morgan fingerprint density at radius 2 is 1.15 bits per heavy atom. The molecule has 0 saturated carbocycles. The number of nitrogen functional groups attached to an aromatic ring is 2. The molecule has 2 aromatic carbocycles. The van der Waals surface area contributed by atoms with Crippen molar-refractivity contribution in [3.63, 3.8) is 0 Å². The summed E-state index contributed by atoms with van der Waals surface area (Å²) in [4.78, 5) is 16.5. The number of ether oxygens (including phenoxy) is 4. The summed E-state index contributed by atoms with van der Waals surface area (Å²) in [6.07, 6.45) is -1.49. The van der Waals surface area contributed by atoms with Gasteiger partial charge in [-0.15, -0.1) is 0 Å². The first-order chi connectivity index (χ1) is 27.8. The Balaban J connectivity index is 0.000000165. The molecule has 0 radical (unpaired) electrons. The number of aromatic nitrogens is 6. The first kappa shape index (κ1) is 41.8. The molecule has 3 aliphatic heterocycles. The molecule has 312 valence electrons. The Hall–Kier alpha value is -3.88. The lowest BCUT2D eigenvalue weighted by molar-refractivity contribution is -0.223. The van der Waals surface area contributed by atoms with Crippen molar-refractivity contribution >= 4 is 80.1 Å². The minimum atomic E-state index is -1.76. The fraction of sp³-hybridized carbons (Fsp3) is 0.385. The molecule has 10 atom stereocenters. The summed E-state index contributed by atoms with van der Waals surface area (Å²) in [5.74, 6) is -0.204. The molecule has 16 nitrogen and oxygen atoms in total. The second-order valence-electron chi connectivity index (χ2n) is 15.5. The van der Waals surface area contributed by atoms with Crippen molar-refractivity contribution in [1.82, 2.24) is 29.1 Å². The van der Waals surface area contributed by atoms with Crippen molar-refractivity contribution in [2.45, 2.75) is 93.8 Å². The molecule has 59 heavy (non-hydrogen) atoms. The molecule has 4 aromatic heterocycles. The molecule has 3 saturated heterocycles. The molecule has 8 N–H and O–H groups in total. The number of anilines is 2. The topological polar surface area (TPSA) is 231 Å². The summed E-state index contributed by atoms with van der Waals surface area (Å²) in [5.41, 5.74) is 11.2. The van der Waals surface area contributed by atoms with E-state index >= 15 is 0 Å². The van der Waals surface area contributed by atoms with Gasteiger partial charge in [-0.3, -0.25) is 0 Å². The van der Waals surface area contributed by atoms with Crippen LogP contribution >= 0.6 is 46.4 Å². The van der Waals surface area contributed by atoms with Gasteiger partial charge in [-0.05, 0) is 75.2 Å². The highest BCUT2D eigenvalue weighted by atomic mass is 35.5. The molecule has 0 amide bonds. The molecule has 3 aliphatic rings. The fourth-order valence-corrected chi connectivity index (χ4v) is 8.73. The van der Waals surface area contributed by atoms with Crippen LogP contribution in [0.1, 0.15) is 63.5 Å². The largest absolute Gasteiger partial charge is 0.386 e. The minimum absolute atomic E-state index is 0.261. The van der Waals surface area contributed by atoms with E-state index < -0.39 is 66.1 Å². The van der Waals surface area contributed by atoms with Gasteiger partial charge in [0.2, 0.25) is 0 Å². The first-order valence-electron chi connectivity index (χ1n) is 18.3. The Morgan fingerprint density at radius 3 is 1.66 bits per heavy atom. The third-order valence-corrected chi connectivity index (χ3v) is 12.5. The van der Waals surface area contributed by atoms with Gasteiger partial charge in [-0.25, -0.2) is 19.9 Å². The maximum atomic E-state index is 11.3. The monoisotopic (exact) mass is 888 g/mol. The van der Waals surface area contributed by atoms with E-state index in [0.717, 1.165) is 0 Å². The van der Waals surface area contributed by atoms with Crippen molar-refractivity contribution in [3.8, 4) is 0 Å².